The molecule has 2 heteroatoms. The third-order valence-corrected chi connectivity index (χ3v) is 12.0. The van der Waals surface area contributed by atoms with Gasteiger partial charge in [0.25, 0.3) is 0 Å². The zero-order valence-electron chi connectivity index (χ0n) is 26.0. The maximum absolute atomic E-state index is 7.66. The average Bonchev–Trinajstić information content (AvgIpc) is 3.66. The maximum Gasteiger partial charge on any atom is 0.150 e. The molecule has 0 saturated heterocycles. The van der Waals surface area contributed by atoms with Crippen LogP contribution in [0.1, 0.15) is 77.3 Å². The van der Waals surface area contributed by atoms with Crippen molar-refractivity contribution >= 4 is 18.8 Å². The highest BCUT2D eigenvalue weighted by Gasteiger charge is 2.31. The van der Waals surface area contributed by atoms with Gasteiger partial charge in [-0.25, -0.2) is 0 Å². The monoisotopic (exact) mass is 604 g/mol. The predicted molar refractivity (Wildman–Crippen MR) is 192 cm³/mol. The van der Waals surface area contributed by atoms with E-state index in [1.807, 2.05) is 0 Å². The molecule has 4 aliphatic carbocycles. The van der Waals surface area contributed by atoms with Crippen molar-refractivity contribution in [2.24, 2.45) is 0 Å². The Kier molecular flexibility index (Phi) is 8.13. The number of rotatable bonds is 7. The molecule has 0 heterocycles. The van der Waals surface area contributed by atoms with Crippen molar-refractivity contribution in [3.05, 3.63) is 161 Å². The standard InChI is InChI=1S/C43H41OP/c1-4-18-32(19-5-1)40-29-34-21-13-15-27-39(34)42(41-30-35(31-16-10-11-17-31)28-33-20-12-14-26-38(33)41)43(40)44-45(36-22-6-2-7-23-36)37-24-8-3-9-25-37/h1-11,16-18,22-25,28-32H,12-15,19-21,26-27H2. The summed E-state index contributed by atoms with van der Waals surface area (Å²) in [6, 6.07) is 29.5. The minimum Gasteiger partial charge on any atom is -0.464 e. The van der Waals surface area contributed by atoms with E-state index in [4.69, 9.17) is 4.52 Å². The van der Waals surface area contributed by atoms with Gasteiger partial charge in [-0.2, -0.15) is 0 Å². The lowest BCUT2D eigenvalue weighted by atomic mass is 9.76. The van der Waals surface area contributed by atoms with E-state index in [-0.39, 0.29) is 0 Å². The zero-order valence-corrected chi connectivity index (χ0v) is 26.9. The summed E-state index contributed by atoms with van der Waals surface area (Å²) in [5, 5.41) is 2.51. The Labute approximate surface area is 269 Å². The maximum atomic E-state index is 7.66. The highest BCUT2D eigenvalue weighted by atomic mass is 31.1. The Morgan fingerprint density at radius 2 is 1.22 bits per heavy atom. The lowest BCUT2D eigenvalue weighted by Gasteiger charge is -2.32. The van der Waals surface area contributed by atoms with E-state index in [1.54, 1.807) is 16.7 Å². The molecule has 0 bridgehead atoms. The first kappa shape index (κ1) is 28.5. The van der Waals surface area contributed by atoms with Crippen LogP contribution in [-0.2, 0) is 25.7 Å². The summed E-state index contributed by atoms with van der Waals surface area (Å²) in [7, 11) is -1.08. The highest BCUT2D eigenvalue weighted by molar-refractivity contribution is 7.68. The molecule has 0 aliphatic heterocycles. The van der Waals surface area contributed by atoms with Crippen molar-refractivity contribution in [2.75, 3.05) is 0 Å². The van der Waals surface area contributed by atoms with Crippen LogP contribution in [0.15, 0.2) is 127 Å². The molecule has 0 aromatic heterocycles. The van der Waals surface area contributed by atoms with Crippen LogP contribution in [0.5, 0.6) is 5.75 Å². The second-order valence-electron chi connectivity index (χ2n) is 12.9. The van der Waals surface area contributed by atoms with Gasteiger partial charge in [0.05, 0.1) is 0 Å². The highest BCUT2D eigenvalue weighted by Crippen LogP contribution is 2.52. The molecule has 8 rings (SSSR count). The van der Waals surface area contributed by atoms with Crippen LogP contribution in [0.2, 0.25) is 0 Å². The summed E-state index contributed by atoms with van der Waals surface area (Å²) in [6.45, 7) is 0. The molecule has 0 N–H and O–H groups in total. The Balaban J connectivity index is 1.41. The summed E-state index contributed by atoms with van der Waals surface area (Å²) in [5.74, 6) is 1.78. The van der Waals surface area contributed by atoms with Gasteiger partial charge in [-0.3, -0.25) is 0 Å². The first-order valence-corrected chi connectivity index (χ1v) is 18.2. The minimum absolute atomic E-state index is 0.305. The molecular weight excluding hydrogens is 563 g/mol. The van der Waals surface area contributed by atoms with Crippen molar-refractivity contribution in [2.45, 2.75) is 69.6 Å². The first-order valence-electron chi connectivity index (χ1n) is 16.9. The number of hydrogen-bond acceptors (Lipinski definition) is 1. The van der Waals surface area contributed by atoms with Gasteiger partial charge in [0.1, 0.15) is 5.75 Å². The molecule has 0 spiro atoms. The van der Waals surface area contributed by atoms with Crippen LogP contribution in [0.3, 0.4) is 0 Å². The number of benzene rings is 4. The molecule has 1 atom stereocenters. The quantitative estimate of drug-likeness (QED) is 0.191. The Hall–Kier alpha value is -3.93. The van der Waals surface area contributed by atoms with Gasteiger partial charge in [-0.1, -0.05) is 121 Å². The zero-order chi connectivity index (χ0) is 30.0. The number of fused-ring (bicyclic) bond motifs is 2. The summed E-state index contributed by atoms with van der Waals surface area (Å²) < 4.78 is 7.66. The number of allylic oxidation sites excluding steroid dienone is 8. The van der Waals surface area contributed by atoms with Crippen LogP contribution in [0.25, 0.3) is 11.1 Å². The second kappa shape index (κ2) is 12.8. The third-order valence-electron chi connectivity index (χ3n) is 10.1. The smallest absolute Gasteiger partial charge is 0.150 e. The Morgan fingerprint density at radius 3 is 1.89 bits per heavy atom. The largest absolute Gasteiger partial charge is 0.464 e. The third kappa shape index (κ3) is 5.69. The SMILES string of the molecule is C1=CCC(c2cc3c(c(-c4cc(C5C=CC=C5)cc5c4CCCC5)c2OP(c2ccccc2)c2ccccc2)CCCC3)C=C1. The topological polar surface area (TPSA) is 9.23 Å². The van der Waals surface area contributed by atoms with Crippen LogP contribution in [0.4, 0.5) is 0 Å². The van der Waals surface area contributed by atoms with Crippen molar-refractivity contribution in [1.82, 2.24) is 0 Å². The molecule has 224 valence electrons. The molecule has 1 unspecified atom stereocenters. The van der Waals surface area contributed by atoms with Gasteiger partial charge in [-0.05, 0) is 97.2 Å². The normalized spacial score (nSPS) is 18.7. The summed E-state index contributed by atoms with van der Waals surface area (Å²) in [6.07, 6.45) is 28.9. The molecular formula is C43H41OP. The average molecular weight is 605 g/mol. The van der Waals surface area contributed by atoms with Crippen molar-refractivity contribution in [1.29, 1.82) is 0 Å². The van der Waals surface area contributed by atoms with Crippen molar-refractivity contribution < 1.29 is 4.52 Å². The van der Waals surface area contributed by atoms with E-state index >= 15 is 0 Å². The lowest BCUT2D eigenvalue weighted by molar-refractivity contribution is 0.603. The van der Waals surface area contributed by atoms with Gasteiger partial charge >= 0.3 is 0 Å². The van der Waals surface area contributed by atoms with E-state index in [2.05, 4.69) is 127 Å². The van der Waals surface area contributed by atoms with Crippen molar-refractivity contribution in [3.8, 4) is 16.9 Å². The van der Waals surface area contributed by atoms with E-state index in [0.717, 1.165) is 31.4 Å². The molecule has 4 aromatic carbocycles. The summed E-state index contributed by atoms with van der Waals surface area (Å²) >= 11 is 0. The van der Waals surface area contributed by atoms with Gasteiger partial charge < -0.3 is 4.52 Å². The van der Waals surface area contributed by atoms with Gasteiger partial charge in [-0.15, -0.1) is 0 Å². The fourth-order valence-corrected chi connectivity index (χ4v) is 9.59. The van der Waals surface area contributed by atoms with Crippen LogP contribution < -0.4 is 15.1 Å². The second-order valence-corrected chi connectivity index (χ2v) is 14.7. The first-order chi connectivity index (χ1) is 22.3. The summed E-state index contributed by atoms with van der Waals surface area (Å²) in [5.41, 5.74) is 11.8. The van der Waals surface area contributed by atoms with Crippen molar-refractivity contribution in [3.63, 3.8) is 0 Å². The van der Waals surface area contributed by atoms with Crippen LogP contribution in [-0.4, -0.2) is 0 Å². The van der Waals surface area contributed by atoms with Crippen LogP contribution in [0, 0.1) is 0 Å². The Bertz CT molecular complexity index is 1760. The lowest BCUT2D eigenvalue weighted by Crippen LogP contribution is -2.18. The fraction of sp³-hybridized carbons (Fsp3) is 0.256. The molecule has 0 fully saturated rings. The number of aryl methyl sites for hydroxylation is 2. The predicted octanol–water partition coefficient (Wildman–Crippen LogP) is 10.3. The molecule has 45 heavy (non-hydrogen) atoms. The van der Waals surface area contributed by atoms with E-state index < -0.39 is 8.15 Å². The van der Waals surface area contributed by atoms with E-state index in [9.17, 15) is 0 Å². The van der Waals surface area contributed by atoms with Crippen LogP contribution >= 0.6 is 8.15 Å². The van der Waals surface area contributed by atoms with E-state index in [0.29, 0.717) is 11.8 Å². The molecule has 0 radical (unpaired) electrons. The molecule has 0 amide bonds. The van der Waals surface area contributed by atoms with Gasteiger partial charge in [0.2, 0.25) is 0 Å². The van der Waals surface area contributed by atoms with Gasteiger partial charge in [0.15, 0.2) is 8.15 Å². The molecule has 4 aromatic rings. The fourth-order valence-electron chi connectivity index (χ4n) is 7.81. The Morgan fingerprint density at radius 1 is 0.600 bits per heavy atom. The molecule has 0 saturated carbocycles. The molecule has 4 aliphatic rings. The minimum atomic E-state index is -1.08. The summed E-state index contributed by atoms with van der Waals surface area (Å²) in [4.78, 5) is 0. The molecule has 1 nitrogen and oxygen atoms in total. The van der Waals surface area contributed by atoms with E-state index in [1.165, 1.54) is 70.5 Å². The number of hydrogen-bond donors (Lipinski definition) is 0. The van der Waals surface area contributed by atoms with Gasteiger partial charge in [0, 0.05) is 33.6 Å².